The fourth-order valence-corrected chi connectivity index (χ4v) is 2.87. The Kier molecular flexibility index (Phi) is 10.5. The van der Waals surface area contributed by atoms with Crippen LogP contribution in [0.2, 0.25) is 5.28 Å². The summed E-state index contributed by atoms with van der Waals surface area (Å²) in [6.07, 6.45) is 6.67. The summed E-state index contributed by atoms with van der Waals surface area (Å²) >= 11 is -0.572. The van der Waals surface area contributed by atoms with Crippen molar-refractivity contribution in [3.8, 4) is 0 Å². The van der Waals surface area contributed by atoms with E-state index in [-0.39, 0.29) is 11.9 Å². The van der Waals surface area contributed by atoms with Crippen LogP contribution in [0.4, 0.5) is 0 Å². The van der Waals surface area contributed by atoms with E-state index in [1.807, 2.05) is 0 Å². The van der Waals surface area contributed by atoms with Gasteiger partial charge in [0.15, 0.2) is 0 Å². The number of hydrogen-bond donors (Lipinski definition) is 0. The molecular weight excluding hydrogens is 203 g/mol. The predicted molar refractivity (Wildman–Crippen MR) is 66.3 cm³/mol. The van der Waals surface area contributed by atoms with Crippen LogP contribution in [0.5, 0.6) is 0 Å². The largest absolute Gasteiger partial charge is 0.618 e. The summed E-state index contributed by atoms with van der Waals surface area (Å²) < 4.78 is 5.39. The first-order valence-electron chi connectivity index (χ1n) is 6.42. The Morgan fingerprint density at radius 2 is 1.87 bits per heavy atom. The van der Waals surface area contributed by atoms with Crippen molar-refractivity contribution in [2.75, 3.05) is 0 Å². The zero-order valence-corrected chi connectivity index (χ0v) is 12.0. The quantitative estimate of drug-likeness (QED) is 0.447. The van der Waals surface area contributed by atoms with Gasteiger partial charge in [0, 0.05) is 0 Å². The average Bonchev–Trinajstić information content (AvgIpc) is 2.25. The van der Waals surface area contributed by atoms with Gasteiger partial charge in [-0.1, -0.05) is 51.7 Å². The molecule has 2 nitrogen and oxygen atoms in total. The first kappa shape index (κ1) is 15.0. The fourth-order valence-electron chi connectivity index (χ4n) is 1.58. The number of unbranched alkanes of at least 4 members (excludes halogenated alkanes) is 2. The van der Waals surface area contributed by atoms with Crippen LogP contribution in [-0.2, 0) is 8.58 Å². The van der Waals surface area contributed by atoms with Crippen LogP contribution < -0.4 is 0 Å². The van der Waals surface area contributed by atoms with Gasteiger partial charge in [0.05, 0.1) is 5.92 Å². The molecule has 0 fully saturated rings. The van der Waals surface area contributed by atoms with Crippen molar-refractivity contribution in [2.45, 2.75) is 64.6 Å². The third-order valence-corrected chi connectivity index (χ3v) is 4.00. The van der Waals surface area contributed by atoms with Gasteiger partial charge in [-0.25, -0.2) is 0 Å². The second-order valence-corrected chi connectivity index (χ2v) is 5.53. The van der Waals surface area contributed by atoms with Gasteiger partial charge in [0.1, 0.15) is 0 Å². The van der Waals surface area contributed by atoms with E-state index >= 15 is 0 Å². The van der Waals surface area contributed by atoms with Crippen LogP contribution in [-0.4, -0.2) is 21.5 Å². The molecule has 0 aliphatic heterocycles. The molecule has 0 aromatic carbocycles. The van der Waals surface area contributed by atoms with Crippen LogP contribution in [0.3, 0.4) is 0 Å². The molecule has 0 heterocycles. The van der Waals surface area contributed by atoms with E-state index in [1.54, 1.807) is 0 Å². The normalized spacial score (nSPS) is 12.2. The Morgan fingerprint density at radius 3 is 2.40 bits per heavy atom. The minimum Gasteiger partial charge on any atom is -0.618 e. The molecular formula is C12H25AlO2. The maximum atomic E-state index is 11.7. The topological polar surface area (TPSA) is 26.3 Å². The van der Waals surface area contributed by atoms with Gasteiger partial charge >= 0.3 is 15.6 Å². The number of carbonyl (C=O) groups is 1. The molecule has 0 aliphatic carbocycles. The molecule has 0 aromatic rings. The molecule has 1 unspecified atom stereocenters. The smallest absolute Gasteiger partial charge is 0.524 e. The van der Waals surface area contributed by atoms with Gasteiger partial charge in [-0.2, -0.15) is 0 Å². The van der Waals surface area contributed by atoms with Crippen molar-refractivity contribution in [2.24, 2.45) is 5.92 Å². The zero-order chi connectivity index (χ0) is 11.5. The SMILES string of the molecule is CCC[CH2][AlH][O]C(=O)C(CC)CCCC. The van der Waals surface area contributed by atoms with Gasteiger partial charge in [-0.15, -0.1) is 0 Å². The van der Waals surface area contributed by atoms with Crippen molar-refractivity contribution < 1.29 is 8.58 Å². The molecule has 0 aliphatic rings. The summed E-state index contributed by atoms with van der Waals surface area (Å²) in [4.78, 5) is 11.7. The highest BCUT2D eigenvalue weighted by Gasteiger charge is 2.16. The Balaban J connectivity index is 3.63. The van der Waals surface area contributed by atoms with E-state index < -0.39 is 15.6 Å². The predicted octanol–water partition coefficient (Wildman–Crippen LogP) is 3.32. The van der Waals surface area contributed by atoms with Crippen molar-refractivity contribution in [1.82, 2.24) is 0 Å². The zero-order valence-electron chi connectivity index (χ0n) is 10.6. The monoisotopic (exact) mass is 228 g/mol. The standard InChI is InChI=1S/C8H16O2.C4H9.Al.H/c1-3-5-6-7(4-2)8(9)10;1-3-4-2;;/h7H,3-6H2,1-2H3,(H,9,10);1,3-4H2,2H3;;/q;;+1;/p-1. The number of hydrogen-bond acceptors (Lipinski definition) is 2. The second kappa shape index (κ2) is 10.5. The fraction of sp³-hybridized carbons (Fsp3) is 0.917. The molecule has 0 amide bonds. The molecule has 0 spiro atoms. The van der Waals surface area contributed by atoms with Crippen molar-refractivity contribution in [3.05, 3.63) is 0 Å². The van der Waals surface area contributed by atoms with Crippen LogP contribution in [0.15, 0.2) is 0 Å². The molecule has 0 saturated heterocycles. The second-order valence-electron chi connectivity index (χ2n) is 4.12. The summed E-state index contributed by atoms with van der Waals surface area (Å²) in [5, 5.41) is 1.15. The Bertz CT molecular complexity index is 160. The highest BCUT2D eigenvalue weighted by Crippen LogP contribution is 2.14. The van der Waals surface area contributed by atoms with Crippen LogP contribution in [0.25, 0.3) is 0 Å². The van der Waals surface area contributed by atoms with Gasteiger partial charge in [0.2, 0.25) is 0 Å². The van der Waals surface area contributed by atoms with Gasteiger partial charge < -0.3 is 3.79 Å². The highest BCUT2D eigenvalue weighted by atomic mass is 27.1. The van der Waals surface area contributed by atoms with Crippen LogP contribution in [0, 0.1) is 5.92 Å². The maximum Gasteiger partial charge on any atom is 0.524 e. The summed E-state index contributed by atoms with van der Waals surface area (Å²) in [7, 11) is 0. The van der Waals surface area contributed by atoms with E-state index in [1.165, 1.54) is 12.8 Å². The van der Waals surface area contributed by atoms with E-state index in [4.69, 9.17) is 3.79 Å². The molecule has 88 valence electrons. The third kappa shape index (κ3) is 7.88. The molecule has 0 bridgehead atoms. The van der Waals surface area contributed by atoms with Crippen molar-refractivity contribution >= 4 is 21.5 Å². The molecule has 0 N–H and O–H groups in total. The Hall–Kier alpha value is 0.00247. The van der Waals surface area contributed by atoms with E-state index in [2.05, 4.69) is 20.8 Å². The van der Waals surface area contributed by atoms with E-state index in [0.717, 1.165) is 31.0 Å². The van der Waals surface area contributed by atoms with Gasteiger partial charge in [-0.3, -0.25) is 4.79 Å². The highest BCUT2D eigenvalue weighted by molar-refractivity contribution is 6.30. The lowest BCUT2D eigenvalue weighted by Gasteiger charge is -2.14. The molecule has 0 radical (unpaired) electrons. The summed E-state index contributed by atoms with van der Waals surface area (Å²) in [5.41, 5.74) is 0. The average molecular weight is 228 g/mol. The van der Waals surface area contributed by atoms with Gasteiger partial charge in [-0.05, 0) is 12.8 Å². The lowest BCUT2D eigenvalue weighted by atomic mass is 10.00. The molecule has 1 atom stereocenters. The minimum atomic E-state index is -0.572. The first-order valence-corrected chi connectivity index (χ1v) is 8.00. The van der Waals surface area contributed by atoms with Crippen LogP contribution in [0.1, 0.15) is 59.3 Å². The van der Waals surface area contributed by atoms with Gasteiger partial charge in [0.25, 0.3) is 5.97 Å². The molecule has 0 rings (SSSR count). The molecule has 15 heavy (non-hydrogen) atoms. The van der Waals surface area contributed by atoms with Crippen molar-refractivity contribution in [3.63, 3.8) is 0 Å². The minimum absolute atomic E-state index is 0.0775. The lowest BCUT2D eigenvalue weighted by molar-refractivity contribution is -0.139. The Labute approximate surface area is 101 Å². The summed E-state index contributed by atoms with van der Waals surface area (Å²) in [6.45, 7) is 6.41. The lowest BCUT2D eigenvalue weighted by Crippen LogP contribution is -2.19. The Morgan fingerprint density at radius 1 is 1.20 bits per heavy atom. The third-order valence-electron chi connectivity index (χ3n) is 2.72. The molecule has 3 heteroatoms. The molecule has 0 saturated carbocycles. The van der Waals surface area contributed by atoms with Crippen LogP contribution >= 0.6 is 0 Å². The van der Waals surface area contributed by atoms with E-state index in [0.29, 0.717) is 0 Å². The van der Waals surface area contributed by atoms with Crippen molar-refractivity contribution in [1.29, 1.82) is 0 Å². The molecule has 0 aromatic heterocycles. The number of rotatable bonds is 9. The first-order chi connectivity index (χ1) is 7.26. The number of carbonyl (C=O) groups excluding carboxylic acids is 1. The summed E-state index contributed by atoms with van der Waals surface area (Å²) in [6, 6.07) is 0. The van der Waals surface area contributed by atoms with E-state index in [9.17, 15) is 4.79 Å². The summed E-state index contributed by atoms with van der Waals surface area (Å²) in [5.74, 6) is 0.243. The maximum absolute atomic E-state index is 11.7.